The molecule has 3 rings (SSSR count). The molecule has 25 heavy (non-hydrogen) atoms. The molecule has 1 aliphatic carbocycles. The lowest BCUT2D eigenvalue weighted by molar-refractivity contribution is -0.130. The van der Waals surface area contributed by atoms with Gasteiger partial charge in [0.25, 0.3) is 0 Å². The van der Waals surface area contributed by atoms with Gasteiger partial charge in [0.1, 0.15) is 6.10 Å². The molecular formula is C20H27N3O2. The van der Waals surface area contributed by atoms with E-state index in [1.165, 1.54) is 16.7 Å². The molecule has 1 aromatic heterocycles. The normalized spacial score (nSPS) is 18.0. The van der Waals surface area contributed by atoms with Gasteiger partial charge < -0.3 is 10.4 Å². The lowest BCUT2D eigenvalue weighted by atomic mass is 9.85. The molecule has 1 amide bonds. The van der Waals surface area contributed by atoms with E-state index in [1.807, 2.05) is 13.2 Å². The van der Waals surface area contributed by atoms with E-state index in [4.69, 9.17) is 0 Å². The third-order valence-electron chi connectivity index (χ3n) is 4.96. The second-order valence-corrected chi connectivity index (χ2v) is 7.31. The van der Waals surface area contributed by atoms with Gasteiger partial charge in [0, 0.05) is 19.7 Å². The first kappa shape index (κ1) is 17.7. The number of nitrogens with zero attached hydrogens (tertiary/aromatic N) is 2. The molecule has 2 N–H and O–H groups in total. The Hall–Kier alpha value is -2.14. The average molecular weight is 341 g/mol. The summed E-state index contributed by atoms with van der Waals surface area (Å²) in [5, 5.41) is 17.4. The van der Waals surface area contributed by atoms with Gasteiger partial charge in [-0.15, -0.1) is 0 Å². The number of amides is 1. The van der Waals surface area contributed by atoms with Gasteiger partial charge in [0.15, 0.2) is 0 Å². The van der Waals surface area contributed by atoms with Crippen molar-refractivity contribution in [2.24, 2.45) is 7.05 Å². The summed E-state index contributed by atoms with van der Waals surface area (Å²) < 4.78 is 1.67. The van der Waals surface area contributed by atoms with E-state index in [9.17, 15) is 9.90 Å². The Morgan fingerprint density at radius 1 is 1.44 bits per heavy atom. The Bertz CT molecular complexity index is 751. The number of fused-ring (bicyclic) bond motifs is 1. The summed E-state index contributed by atoms with van der Waals surface area (Å²) in [6.07, 6.45) is 5.76. The molecule has 0 bridgehead atoms. The second kappa shape index (κ2) is 7.40. The number of rotatable bonds is 5. The third kappa shape index (κ3) is 4.10. The van der Waals surface area contributed by atoms with E-state index >= 15 is 0 Å². The van der Waals surface area contributed by atoms with E-state index in [2.05, 4.69) is 42.5 Å². The highest BCUT2D eigenvalue weighted by atomic mass is 16.3. The molecule has 0 spiro atoms. The van der Waals surface area contributed by atoms with Crippen molar-refractivity contribution < 1.29 is 9.90 Å². The van der Waals surface area contributed by atoms with Crippen LogP contribution in [0.3, 0.4) is 0 Å². The minimum atomic E-state index is -1.05. The molecule has 0 unspecified atom stereocenters. The van der Waals surface area contributed by atoms with Crippen molar-refractivity contribution in [2.45, 2.75) is 57.6 Å². The molecule has 5 nitrogen and oxygen atoms in total. The van der Waals surface area contributed by atoms with Gasteiger partial charge in [-0.1, -0.05) is 32.0 Å². The van der Waals surface area contributed by atoms with Gasteiger partial charge in [-0.05, 0) is 47.4 Å². The molecule has 1 heterocycles. The fourth-order valence-corrected chi connectivity index (χ4v) is 3.49. The minimum Gasteiger partial charge on any atom is -0.383 e. The first-order valence-corrected chi connectivity index (χ1v) is 9.02. The van der Waals surface area contributed by atoms with Crippen molar-refractivity contribution in [3.8, 4) is 0 Å². The number of aliphatic hydroxyl groups is 1. The molecule has 2 aromatic rings. The molecule has 1 aromatic carbocycles. The van der Waals surface area contributed by atoms with Crippen molar-refractivity contribution in [3.05, 3.63) is 52.8 Å². The average Bonchev–Trinajstić information content (AvgIpc) is 2.99. The summed E-state index contributed by atoms with van der Waals surface area (Å²) in [4.78, 5) is 12.5. The Morgan fingerprint density at radius 3 is 2.92 bits per heavy atom. The Labute approximate surface area is 149 Å². The molecule has 134 valence electrons. The number of aliphatic hydroxyl groups excluding tert-OH is 1. The Morgan fingerprint density at radius 2 is 2.24 bits per heavy atom. The third-order valence-corrected chi connectivity index (χ3v) is 4.96. The van der Waals surface area contributed by atoms with Crippen LogP contribution in [0, 0.1) is 0 Å². The number of carbonyl (C=O) groups excluding carboxylic acids is 1. The van der Waals surface area contributed by atoms with Crippen LogP contribution in [-0.2, 0) is 24.7 Å². The Balaban J connectivity index is 1.70. The first-order valence-electron chi connectivity index (χ1n) is 9.02. The number of benzene rings is 1. The van der Waals surface area contributed by atoms with Crippen molar-refractivity contribution in [3.63, 3.8) is 0 Å². The predicted octanol–water partition coefficient (Wildman–Crippen LogP) is 2.64. The second-order valence-electron chi connectivity index (χ2n) is 7.31. The number of nitrogens with one attached hydrogen (secondary N) is 1. The van der Waals surface area contributed by atoms with Crippen LogP contribution >= 0.6 is 0 Å². The maximum atomic E-state index is 12.5. The summed E-state index contributed by atoms with van der Waals surface area (Å²) in [5.74, 6) is 0.149. The van der Waals surface area contributed by atoms with E-state index in [1.54, 1.807) is 10.9 Å². The molecule has 2 atom stereocenters. The standard InChI is InChI=1S/C20H27N3O2/c1-13(2)16-8-7-15-5-4-6-18(17(15)10-16)22-20(25)19(24)9-14-11-21-23(3)12-14/h7-8,10-13,18-19,24H,4-6,9H2,1-3H3,(H,22,25)/t18-,19+/m0/s1. The molecule has 0 aliphatic heterocycles. The zero-order chi connectivity index (χ0) is 18.0. The van der Waals surface area contributed by atoms with E-state index < -0.39 is 6.10 Å². The van der Waals surface area contributed by atoms with Crippen LogP contribution in [0.1, 0.15) is 60.9 Å². The highest BCUT2D eigenvalue weighted by Crippen LogP contribution is 2.32. The van der Waals surface area contributed by atoms with Crippen LogP contribution in [0.2, 0.25) is 0 Å². The van der Waals surface area contributed by atoms with Crippen LogP contribution in [0.5, 0.6) is 0 Å². The molecule has 0 saturated carbocycles. The fourth-order valence-electron chi connectivity index (χ4n) is 3.49. The Kier molecular flexibility index (Phi) is 5.23. The topological polar surface area (TPSA) is 67.2 Å². The zero-order valence-corrected chi connectivity index (χ0v) is 15.2. The number of hydrogen-bond donors (Lipinski definition) is 2. The highest BCUT2D eigenvalue weighted by molar-refractivity contribution is 5.81. The maximum absolute atomic E-state index is 12.5. The largest absolute Gasteiger partial charge is 0.383 e. The van der Waals surface area contributed by atoms with Gasteiger partial charge in [-0.3, -0.25) is 9.48 Å². The monoisotopic (exact) mass is 341 g/mol. The van der Waals surface area contributed by atoms with Gasteiger partial charge in [0.2, 0.25) is 5.91 Å². The van der Waals surface area contributed by atoms with Gasteiger partial charge in [-0.25, -0.2) is 0 Å². The van der Waals surface area contributed by atoms with Gasteiger partial charge in [0.05, 0.1) is 12.2 Å². The lowest BCUT2D eigenvalue weighted by Crippen LogP contribution is -2.39. The summed E-state index contributed by atoms with van der Waals surface area (Å²) in [6.45, 7) is 4.35. The van der Waals surface area contributed by atoms with E-state index in [0.717, 1.165) is 24.8 Å². The van der Waals surface area contributed by atoms with Crippen LogP contribution in [0.4, 0.5) is 0 Å². The molecule has 0 saturated heterocycles. The van der Waals surface area contributed by atoms with E-state index in [-0.39, 0.29) is 18.4 Å². The molecule has 5 heteroatoms. The minimum absolute atomic E-state index is 0.0153. The number of aromatic nitrogens is 2. The summed E-state index contributed by atoms with van der Waals surface area (Å²) in [6, 6.07) is 6.58. The lowest BCUT2D eigenvalue weighted by Gasteiger charge is -2.28. The summed E-state index contributed by atoms with van der Waals surface area (Å²) >= 11 is 0. The van der Waals surface area contributed by atoms with Crippen molar-refractivity contribution >= 4 is 5.91 Å². The van der Waals surface area contributed by atoms with Gasteiger partial charge in [-0.2, -0.15) is 5.10 Å². The number of hydrogen-bond acceptors (Lipinski definition) is 3. The molecular weight excluding hydrogens is 314 g/mol. The summed E-state index contributed by atoms with van der Waals surface area (Å²) in [5.41, 5.74) is 4.66. The van der Waals surface area contributed by atoms with Crippen molar-refractivity contribution in [2.75, 3.05) is 0 Å². The van der Waals surface area contributed by atoms with Crippen LogP contribution in [-0.4, -0.2) is 26.9 Å². The smallest absolute Gasteiger partial charge is 0.249 e. The zero-order valence-electron chi connectivity index (χ0n) is 15.2. The predicted molar refractivity (Wildman–Crippen MR) is 97.3 cm³/mol. The first-order chi connectivity index (χ1) is 11.9. The molecule has 0 fully saturated rings. The number of aryl methyl sites for hydroxylation is 2. The highest BCUT2D eigenvalue weighted by Gasteiger charge is 2.25. The molecule has 1 aliphatic rings. The number of carbonyl (C=O) groups is 1. The fraction of sp³-hybridized carbons (Fsp3) is 0.500. The quantitative estimate of drug-likeness (QED) is 0.878. The van der Waals surface area contributed by atoms with Crippen LogP contribution in [0.25, 0.3) is 0 Å². The van der Waals surface area contributed by atoms with Crippen molar-refractivity contribution in [1.82, 2.24) is 15.1 Å². The molecule has 0 radical (unpaired) electrons. The van der Waals surface area contributed by atoms with Crippen LogP contribution in [0.15, 0.2) is 30.6 Å². The van der Waals surface area contributed by atoms with Crippen LogP contribution < -0.4 is 5.32 Å². The summed E-state index contributed by atoms with van der Waals surface area (Å²) in [7, 11) is 1.82. The SMILES string of the molecule is CC(C)c1ccc2c(c1)[C@@H](NC(=O)[C@H](O)Cc1cnn(C)c1)CCC2. The van der Waals surface area contributed by atoms with Gasteiger partial charge >= 0.3 is 0 Å². The van der Waals surface area contributed by atoms with Crippen molar-refractivity contribution in [1.29, 1.82) is 0 Å². The maximum Gasteiger partial charge on any atom is 0.249 e. The van der Waals surface area contributed by atoms with E-state index in [0.29, 0.717) is 5.92 Å².